The third-order valence-corrected chi connectivity index (χ3v) is 3.90. The molecule has 1 aliphatic heterocycles. The minimum absolute atomic E-state index is 0.297. The van der Waals surface area contributed by atoms with Crippen LogP contribution in [0.5, 0.6) is 0 Å². The molecule has 0 atom stereocenters. The zero-order valence-electron chi connectivity index (χ0n) is 11.8. The normalized spacial score (nSPS) is 13.2. The number of hydrogen-bond donors (Lipinski definition) is 2. The number of para-hydroxylation sites is 1. The Bertz CT molecular complexity index is 750. The topological polar surface area (TPSA) is 72.2 Å². The Balaban J connectivity index is 2.09. The molecule has 1 aliphatic rings. The molecule has 0 fully saturated rings. The van der Waals surface area contributed by atoms with Crippen molar-refractivity contribution in [1.82, 2.24) is 5.32 Å². The molecule has 0 aromatic heterocycles. The van der Waals surface area contributed by atoms with E-state index in [1.807, 2.05) is 37.3 Å². The monoisotopic (exact) mass is 280 g/mol. The van der Waals surface area contributed by atoms with Crippen LogP contribution in [0.1, 0.15) is 44.3 Å². The summed E-state index contributed by atoms with van der Waals surface area (Å²) in [7, 11) is 0. The lowest BCUT2D eigenvalue weighted by Crippen LogP contribution is -2.20. The van der Waals surface area contributed by atoms with Crippen LogP contribution in [0, 0.1) is 0 Å². The van der Waals surface area contributed by atoms with E-state index in [2.05, 4.69) is 5.32 Å². The number of anilines is 1. The summed E-state index contributed by atoms with van der Waals surface area (Å²) in [4.78, 5) is 23.7. The van der Waals surface area contributed by atoms with Crippen LogP contribution in [0.3, 0.4) is 0 Å². The fraction of sp³-hybridized carbons (Fsp3) is 0.176. The van der Waals surface area contributed by atoms with Crippen LogP contribution in [-0.4, -0.2) is 11.8 Å². The molecule has 0 unspecified atom stereocenters. The van der Waals surface area contributed by atoms with Gasteiger partial charge in [0.2, 0.25) is 0 Å². The lowest BCUT2D eigenvalue weighted by Gasteiger charge is -2.12. The van der Waals surface area contributed by atoms with E-state index in [9.17, 15) is 9.59 Å². The maximum absolute atomic E-state index is 12.0. The van der Waals surface area contributed by atoms with Gasteiger partial charge in [0.25, 0.3) is 11.8 Å². The standard InChI is InChI=1S/C17H16N2O2/c1-2-12-10(9-11-5-3-4-6-14(11)18)7-8-13-15(12)17(21)19-16(13)20/h3-8H,2,9,18H2,1H3,(H,19,20,21). The van der Waals surface area contributed by atoms with Crippen LogP contribution in [0.4, 0.5) is 5.69 Å². The van der Waals surface area contributed by atoms with Crippen molar-refractivity contribution in [1.29, 1.82) is 0 Å². The van der Waals surface area contributed by atoms with Gasteiger partial charge in [-0.3, -0.25) is 14.9 Å². The Morgan fingerprint density at radius 3 is 2.48 bits per heavy atom. The summed E-state index contributed by atoms with van der Waals surface area (Å²) in [6.07, 6.45) is 1.36. The van der Waals surface area contributed by atoms with E-state index in [-0.39, 0.29) is 11.8 Å². The van der Waals surface area contributed by atoms with Crippen LogP contribution in [0.2, 0.25) is 0 Å². The van der Waals surface area contributed by atoms with Crippen molar-refractivity contribution in [3.05, 3.63) is 64.2 Å². The predicted molar refractivity (Wildman–Crippen MR) is 81.3 cm³/mol. The largest absolute Gasteiger partial charge is 0.398 e. The molecule has 2 aromatic carbocycles. The highest BCUT2D eigenvalue weighted by molar-refractivity contribution is 6.22. The Hall–Kier alpha value is -2.62. The summed E-state index contributed by atoms with van der Waals surface area (Å²) >= 11 is 0. The Morgan fingerprint density at radius 2 is 1.76 bits per heavy atom. The molecule has 0 bridgehead atoms. The Kier molecular flexibility index (Phi) is 3.22. The van der Waals surface area contributed by atoms with E-state index in [0.29, 0.717) is 24.0 Å². The number of benzene rings is 2. The summed E-state index contributed by atoms with van der Waals surface area (Å²) in [6.45, 7) is 1.99. The highest BCUT2D eigenvalue weighted by Crippen LogP contribution is 2.27. The molecule has 1 heterocycles. The molecule has 0 aliphatic carbocycles. The first-order valence-corrected chi connectivity index (χ1v) is 6.95. The van der Waals surface area contributed by atoms with Gasteiger partial charge < -0.3 is 5.73 Å². The molecular formula is C17H16N2O2. The minimum Gasteiger partial charge on any atom is -0.398 e. The lowest BCUT2D eigenvalue weighted by atomic mass is 9.91. The molecule has 0 saturated carbocycles. The second kappa shape index (κ2) is 5.05. The van der Waals surface area contributed by atoms with Crippen molar-refractivity contribution in [2.75, 3.05) is 5.73 Å². The van der Waals surface area contributed by atoms with E-state index >= 15 is 0 Å². The van der Waals surface area contributed by atoms with E-state index in [1.165, 1.54) is 0 Å². The highest BCUT2D eigenvalue weighted by Gasteiger charge is 2.30. The summed E-state index contributed by atoms with van der Waals surface area (Å²) < 4.78 is 0. The molecule has 2 amide bonds. The fourth-order valence-electron chi connectivity index (χ4n) is 2.84. The molecule has 0 radical (unpaired) electrons. The number of hydrogen-bond acceptors (Lipinski definition) is 3. The van der Waals surface area contributed by atoms with Gasteiger partial charge in [0, 0.05) is 5.69 Å². The van der Waals surface area contributed by atoms with E-state index in [0.717, 1.165) is 22.4 Å². The second-order valence-corrected chi connectivity index (χ2v) is 5.14. The maximum Gasteiger partial charge on any atom is 0.259 e. The van der Waals surface area contributed by atoms with Crippen molar-refractivity contribution in [3.8, 4) is 0 Å². The van der Waals surface area contributed by atoms with Gasteiger partial charge in [-0.25, -0.2) is 0 Å². The second-order valence-electron chi connectivity index (χ2n) is 5.14. The first-order chi connectivity index (χ1) is 10.1. The van der Waals surface area contributed by atoms with Gasteiger partial charge in [-0.15, -0.1) is 0 Å². The highest BCUT2D eigenvalue weighted by atomic mass is 16.2. The summed E-state index contributed by atoms with van der Waals surface area (Å²) in [5.74, 6) is -0.606. The predicted octanol–water partition coefficient (Wildman–Crippen LogP) is 2.31. The van der Waals surface area contributed by atoms with Crippen molar-refractivity contribution in [2.45, 2.75) is 19.8 Å². The van der Waals surface area contributed by atoms with Crippen molar-refractivity contribution >= 4 is 17.5 Å². The van der Waals surface area contributed by atoms with Crippen molar-refractivity contribution in [3.63, 3.8) is 0 Å². The zero-order chi connectivity index (χ0) is 15.0. The molecule has 106 valence electrons. The number of imide groups is 1. The Labute approximate surface area is 123 Å². The molecule has 0 spiro atoms. The average molecular weight is 280 g/mol. The quantitative estimate of drug-likeness (QED) is 0.669. The number of nitrogens with two attached hydrogens (primary N) is 1. The van der Waals surface area contributed by atoms with Gasteiger partial charge >= 0.3 is 0 Å². The van der Waals surface area contributed by atoms with Gasteiger partial charge in [0.05, 0.1) is 11.1 Å². The number of nitrogens with one attached hydrogen (secondary N) is 1. The number of rotatable bonds is 3. The third kappa shape index (κ3) is 2.18. The first-order valence-electron chi connectivity index (χ1n) is 6.95. The number of carbonyl (C=O) groups excluding carboxylic acids is 2. The van der Waals surface area contributed by atoms with Crippen LogP contribution in [0.25, 0.3) is 0 Å². The third-order valence-electron chi connectivity index (χ3n) is 3.90. The van der Waals surface area contributed by atoms with E-state index in [4.69, 9.17) is 5.73 Å². The molecule has 3 rings (SSSR count). The first kappa shape index (κ1) is 13.4. The van der Waals surface area contributed by atoms with Crippen LogP contribution >= 0.6 is 0 Å². The summed E-state index contributed by atoms with van der Waals surface area (Å²) in [5.41, 5.74) is 10.7. The molecule has 4 nitrogen and oxygen atoms in total. The van der Waals surface area contributed by atoms with Crippen molar-refractivity contribution in [2.24, 2.45) is 0 Å². The van der Waals surface area contributed by atoms with E-state index in [1.54, 1.807) is 6.07 Å². The lowest BCUT2D eigenvalue weighted by molar-refractivity contribution is 0.0879. The molecule has 3 N–H and O–H groups in total. The van der Waals surface area contributed by atoms with Crippen LogP contribution < -0.4 is 11.1 Å². The number of carbonyl (C=O) groups is 2. The van der Waals surface area contributed by atoms with Gasteiger partial charge in [-0.2, -0.15) is 0 Å². The maximum atomic E-state index is 12.0. The average Bonchev–Trinajstić information content (AvgIpc) is 2.76. The van der Waals surface area contributed by atoms with Gasteiger partial charge in [0.15, 0.2) is 0 Å². The SMILES string of the molecule is CCc1c(Cc2ccccc2N)ccc2c1C(=O)NC2=O. The molecule has 0 saturated heterocycles. The van der Waals surface area contributed by atoms with Gasteiger partial charge in [-0.05, 0) is 41.7 Å². The zero-order valence-corrected chi connectivity index (χ0v) is 11.8. The van der Waals surface area contributed by atoms with E-state index < -0.39 is 0 Å². The Morgan fingerprint density at radius 1 is 1.00 bits per heavy atom. The van der Waals surface area contributed by atoms with Gasteiger partial charge in [-0.1, -0.05) is 31.2 Å². The number of amides is 2. The molecule has 4 heteroatoms. The molecule has 21 heavy (non-hydrogen) atoms. The fourth-order valence-corrected chi connectivity index (χ4v) is 2.84. The smallest absolute Gasteiger partial charge is 0.259 e. The summed E-state index contributed by atoms with van der Waals surface area (Å²) in [6, 6.07) is 11.3. The van der Waals surface area contributed by atoms with Crippen LogP contribution in [-0.2, 0) is 12.8 Å². The molecule has 2 aromatic rings. The summed E-state index contributed by atoms with van der Waals surface area (Å²) in [5, 5.41) is 2.36. The van der Waals surface area contributed by atoms with Gasteiger partial charge in [0.1, 0.15) is 0 Å². The molecular weight excluding hydrogens is 264 g/mol. The number of fused-ring (bicyclic) bond motifs is 1. The minimum atomic E-state index is -0.310. The number of nitrogen functional groups attached to an aromatic ring is 1. The van der Waals surface area contributed by atoms with Crippen molar-refractivity contribution < 1.29 is 9.59 Å². The van der Waals surface area contributed by atoms with Crippen LogP contribution in [0.15, 0.2) is 36.4 Å².